The van der Waals surface area contributed by atoms with Gasteiger partial charge in [0.1, 0.15) is 11.9 Å². The molecule has 0 bridgehead atoms. The number of halogens is 2. The summed E-state index contributed by atoms with van der Waals surface area (Å²) in [6.07, 6.45) is 2.40. The number of allylic oxidation sites excluding steroid dienone is 4. The number of alkyl halides is 1. The zero-order valence-electron chi connectivity index (χ0n) is 8.87. The molecule has 5 heteroatoms. The van der Waals surface area contributed by atoms with Gasteiger partial charge in [-0.25, -0.2) is 8.78 Å². The van der Waals surface area contributed by atoms with Crippen LogP contribution in [0, 0.1) is 23.2 Å². The molecule has 0 spiro atoms. The number of thiocarbonyl (C=S) groups is 1. The maximum Gasteiger partial charge on any atom is 0.232 e. The van der Waals surface area contributed by atoms with E-state index in [1.807, 2.05) is 0 Å². The summed E-state index contributed by atoms with van der Waals surface area (Å²) >= 11 is 8.68. The van der Waals surface area contributed by atoms with Crippen LogP contribution in [0.3, 0.4) is 0 Å². The summed E-state index contributed by atoms with van der Waals surface area (Å²) < 4.78 is 28.1. The van der Waals surface area contributed by atoms with Crippen LogP contribution < -0.4 is 0 Å². The van der Waals surface area contributed by atoms with E-state index in [9.17, 15) is 8.78 Å². The van der Waals surface area contributed by atoms with E-state index in [2.05, 4.69) is 12.6 Å². The summed E-state index contributed by atoms with van der Waals surface area (Å²) in [4.78, 5) is 0. The van der Waals surface area contributed by atoms with Gasteiger partial charge in [-0.1, -0.05) is 32.1 Å². The average Bonchev–Trinajstić information content (AvgIpc) is 2.16. The van der Waals surface area contributed by atoms with Crippen molar-refractivity contribution in [2.24, 2.45) is 11.8 Å². The average molecular weight is 259 g/mol. The zero-order chi connectivity index (χ0) is 12.5. The van der Waals surface area contributed by atoms with E-state index in [4.69, 9.17) is 17.5 Å². The second-order valence-corrected chi connectivity index (χ2v) is 5.14. The fourth-order valence-electron chi connectivity index (χ4n) is 1.82. The molecule has 1 aliphatic rings. The third-order valence-electron chi connectivity index (χ3n) is 2.52. The number of hydrogen-bond acceptors (Lipinski definition) is 2. The van der Waals surface area contributed by atoms with Crippen LogP contribution >= 0.6 is 24.8 Å². The van der Waals surface area contributed by atoms with Crippen molar-refractivity contribution in [2.45, 2.75) is 19.5 Å². The quantitative estimate of drug-likeness (QED) is 0.605. The summed E-state index contributed by atoms with van der Waals surface area (Å²) in [5.41, 5.74) is -2.58. The monoisotopic (exact) mass is 259 g/mol. The predicted octanol–water partition coefficient (Wildman–Crippen LogP) is 3.54. The van der Waals surface area contributed by atoms with E-state index in [1.54, 1.807) is 13.8 Å². The summed E-state index contributed by atoms with van der Waals surface area (Å²) in [5, 5.41) is 8.95. The highest BCUT2D eigenvalue weighted by atomic mass is 32.1. The Balaban J connectivity index is 3.38. The minimum absolute atomic E-state index is 0.0472. The molecule has 16 heavy (non-hydrogen) atoms. The van der Waals surface area contributed by atoms with E-state index < -0.39 is 23.3 Å². The number of nitriles is 1. The summed E-state index contributed by atoms with van der Waals surface area (Å²) in [6, 6.07) is 1.52. The lowest BCUT2D eigenvalue weighted by Crippen LogP contribution is -2.39. The van der Waals surface area contributed by atoms with Crippen molar-refractivity contribution >= 4 is 29.0 Å². The first-order valence-electron chi connectivity index (χ1n) is 4.76. The molecule has 0 saturated carbocycles. The number of hydrogen-bond donors (Lipinski definition) is 1. The maximum absolute atomic E-state index is 14.5. The van der Waals surface area contributed by atoms with Gasteiger partial charge < -0.3 is 0 Å². The third kappa shape index (κ3) is 2.04. The van der Waals surface area contributed by atoms with Crippen molar-refractivity contribution in [3.8, 4) is 6.07 Å². The summed E-state index contributed by atoms with van der Waals surface area (Å²) in [6.45, 7) is 3.27. The van der Waals surface area contributed by atoms with E-state index >= 15 is 0 Å². The smallest absolute Gasteiger partial charge is 0.221 e. The molecule has 0 aliphatic heterocycles. The second-order valence-electron chi connectivity index (χ2n) is 3.91. The van der Waals surface area contributed by atoms with Gasteiger partial charge in [0, 0.05) is 5.57 Å². The molecule has 1 nitrogen and oxygen atoms in total. The Bertz CT molecular complexity index is 420. The lowest BCUT2D eigenvalue weighted by Gasteiger charge is -2.32. The van der Waals surface area contributed by atoms with Crippen LogP contribution in [-0.2, 0) is 0 Å². The molecule has 0 aromatic heterocycles. The number of thiol groups is 1. The highest BCUT2D eigenvalue weighted by Gasteiger charge is 2.47. The van der Waals surface area contributed by atoms with Crippen LogP contribution in [0.1, 0.15) is 13.8 Å². The van der Waals surface area contributed by atoms with E-state index in [0.717, 1.165) is 6.08 Å². The highest BCUT2D eigenvalue weighted by molar-refractivity contribution is 8.11. The minimum Gasteiger partial charge on any atom is -0.221 e. The molecule has 0 aromatic carbocycles. The molecule has 0 heterocycles. The van der Waals surface area contributed by atoms with Crippen molar-refractivity contribution < 1.29 is 8.78 Å². The molecule has 0 amide bonds. The first kappa shape index (κ1) is 13.3. The highest BCUT2D eigenvalue weighted by Crippen LogP contribution is 2.42. The SMILES string of the molecule is CC(C)C1=C(F)C=CC(C(=S)S)C1(F)C#N. The summed E-state index contributed by atoms with van der Waals surface area (Å²) in [5.74, 6) is -2.08. The van der Waals surface area contributed by atoms with Gasteiger partial charge in [-0.15, -0.1) is 12.6 Å². The molecular formula is C11H11F2NS2. The van der Waals surface area contributed by atoms with Crippen LogP contribution in [0.4, 0.5) is 8.78 Å². The van der Waals surface area contributed by atoms with Gasteiger partial charge in [0.25, 0.3) is 0 Å². The van der Waals surface area contributed by atoms with E-state index in [0.29, 0.717) is 0 Å². The first-order chi connectivity index (χ1) is 7.34. The molecular weight excluding hydrogens is 248 g/mol. The van der Waals surface area contributed by atoms with E-state index in [-0.39, 0.29) is 9.77 Å². The Hall–Kier alpha value is -0.730. The van der Waals surface area contributed by atoms with Crippen molar-refractivity contribution in [1.82, 2.24) is 0 Å². The van der Waals surface area contributed by atoms with Gasteiger partial charge in [-0.3, -0.25) is 0 Å². The van der Waals surface area contributed by atoms with Crippen molar-refractivity contribution in [3.63, 3.8) is 0 Å². The van der Waals surface area contributed by atoms with Crippen molar-refractivity contribution in [1.29, 1.82) is 5.26 Å². The number of nitrogens with zero attached hydrogens (tertiary/aromatic N) is 1. The molecule has 0 saturated heterocycles. The van der Waals surface area contributed by atoms with Gasteiger partial charge in [0.2, 0.25) is 5.67 Å². The Labute approximate surface area is 104 Å². The van der Waals surface area contributed by atoms with Crippen LogP contribution in [0.5, 0.6) is 0 Å². The minimum atomic E-state index is -2.42. The van der Waals surface area contributed by atoms with Gasteiger partial charge >= 0.3 is 0 Å². The standard InChI is InChI=1S/C11H11F2NS2/c1-6(2)9-8(12)4-3-7(10(15)16)11(9,13)5-14/h3-4,6-7H,1-2H3,(H,15,16). The predicted molar refractivity (Wildman–Crippen MR) is 66.6 cm³/mol. The van der Waals surface area contributed by atoms with Gasteiger partial charge in [0.15, 0.2) is 0 Å². The topological polar surface area (TPSA) is 23.8 Å². The van der Waals surface area contributed by atoms with Crippen molar-refractivity contribution in [3.05, 3.63) is 23.6 Å². The molecule has 2 unspecified atom stereocenters. The van der Waals surface area contributed by atoms with Gasteiger partial charge in [-0.05, 0) is 12.0 Å². The van der Waals surface area contributed by atoms with Crippen LogP contribution in [-0.4, -0.2) is 9.87 Å². The maximum atomic E-state index is 14.5. The first-order valence-corrected chi connectivity index (χ1v) is 5.61. The number of rotatable bonds is 2. The van der Waals surface area contributed by atoms with Crippen LogP contribution in [0.25, 0.3) is 0 Å². The third-order valence-corrected chi connectivity index (χ3v) is 3.05. The molecule has 1 aliphatic carbocycles. The summed E-state index contributed by atoms with van der Waals surface area (Å²) in [7, 11) is 0. The Morgan fingerprint density at radius 1 is 1.69 bits per heavy atom. The van der Waals surface area contributed by atoms with Crippen LogP contribution in [0.15, 0.2) is 23.6 Å². The van der Waals surface area contributed by atoms with Gasteiger partial charge in [-0.2, -0.15) is 5.26 Å². The molecule has 1 rings (SSSR count). The van der Waals surface area contributed by atoms with Gasteiger partial charge in [0.05, 0.1) is 10.1 Å². The molecule has 86 valence electrons. The second kappa shape index (κ2) is 4.64. The molecule has 0 fully saturated rings. The van der Waals surface area contributed by atoms with E-state index in [1.165, 1.54) is 12.1 Å². The molecule has 0 aromatic rings. The fraction of sp³-hybridized carbons (Fsp3) is 0.455. The zero-order valence-corrected chi connectivity index (χ0v) is 10.6. The lowest BCUT2D eigenvalue weighted by molar-refractivity contribution is 0.235. The largest absolute Gasteiger partial charge is 0.232 e. The van der Waals surface area contributed by atoms with Crippen LogP contribution in [0.2, 0.25) is 0 Å². The van der Waals surface area contributed by atoms with Crippen molar-refractivity contribution in [2.75, 3.05) is 0 Å². The molecule has 0 N–H and O–H groups in total. The lowest BCUT2D eigenvalue weighted by atomic mass is 9.76. The Morgan fingerprint density at radius 2 is 2.25 bits per heavy atom. The Kier molecular flexibility index (Phi) is 3.87. The Morgan fingerprint density at radius 3 is 2.62 bits per heavy atom. The fourth-order valence-corrected chi connectivity index (χ4v) is 2.33. The normalized spacial score (nSPS) is 29.4. The molecule has 2 atom stereocenters. The molecule has 0 radical (unpaired) electrons.